The fourth-order valence-corrected chi connectivity index (χ4v) is 1.73. The van der Waals surface area contributed by atoms with Gasteiger partial charge in [-0.1, -0.05) is 0 Å². The minimum absolute atomic E-state index is 0.0303. The lowest BCUT2D eigenvalue weighted by atomic mass is 10.2. The number of morpholine rings is 1. The topological polar surface area (TPSA) is 130 Å². The first kappa shape index (κ1) is 14.2. The van der Waals surface area contributed by atoms with Gasteiger partial charge in [0.2, 0.25) is 5.88 Å². The highest BCUT2D eigenvalue weighted by atomic mass is 16.6. The summed E-state index contributed by atoms with van der Waals surface area (Å²) >= 11 is 0. The Kier molecular flexibility index (Phi) is 4.43. The van der Waals surface area contributed by atoms with Gasteiger partial charge in [0.15, 0.2) is 0 Å². The van der Waals surface area contributed by atoms with Gasteiger partial charge in [-0.2, -0.15) is 0 Å². The molecule has 1 aliphatic heterocycles. The number of nitrogens with two attached hydrogens (primary N) is 1. The number of nitrogens with zero attached hydrogens (tertiary/aromatic N) is 2. The summed E-state index contributed by atoms with van der Waals surface area (Å²) < 4.78 is 10.8. The van der Waals surface area contributed by atoms with Gasteiger partial charge in [0.1, 0.15) is 24.5 Å². The number of hydrogen-bond acceptors (Lipinski definition) is 7. The summed E-state index contributed by atoms with van der Waals surface area (Å²) in [7, 11) is 0. The largest absolute Gasteiger partial charge is 0.474 e. The van der Waals surface area contributed by atoms with Crippen molar-refractivity contribution in [3.63, 3.8) is 0 Å². The minimum Gasteiger partial charge on any atom is -0.474 e. The van der Waals surface area contributed by atoms with Gasteiger partial charge >= 0.3 is 0 Å². The van der Waals surface area contributed by atoms with E-state index in [1.165, 1.54) is 0 Å². The van der Waals surface area contributed by atoms with Crippen LogP contribution in [0.15, 0.2) is 12.3 Å². The van der Waals surface area contributed by atoms with E-state index in [1.807, 2.05) is 0 Å². The van der Waals surface area contributed by atoms with Crippen molar-refractivity contribution in [2.24, 2.45) is 5.73 Å². The Morgan fingerprint density at radius 1 is 1.70 bits per heavy atom. The Bertz CT molecular complexity index is 516. The summed E-state index contributed by atoms with van der Waals surface area (Å²) in [5, 5.41) is 13.8. The molecule has 0 radical (unpaired) electrons. The molecule has 9 nitrogen and oxygen atoms in total. The number of ether oxygens (including phenoxy) is 2. The number of primary amides is 1. The summed E-state index contributed by atoms with van der Waals surface area (Å²) in [5.74, 6) is -0.865. The van der Waals surface area contributed by atoms with Crippen molar-refractivity contribution in [1.82, 2.24) is 10.3 Å². The number of carbonyl (C=O) groups excluding carboxylic acids is 1. The van der Waals surface area contributed by atoms with Crippen LogP contribution in [0.2, 0.25) is 0 Å². The van der Waals surface area contributed by atoms with E-state index in [-0.39, 0.29) is 29.8 Å². The molecule has 3 N–H and O–H groups in total. The first-order valence-corrected chi connectivity index (χ1v) is 5.97. The van der Waals surface area contributed by atoms with E-state index in [1.54, 1.807) is 0 Å². The van der Waals surface area contributed by atoms with Crippen LogP contribution in [0.3, 0.4) is 0 Å². The Hall–Kier alpha value is -2.26. The Morgan fingerprint density at radius 2 is 2.50 bits per heavy atom. The van der Waals surface area contributed by atoms with Gasteiger partial charge in [-0.25, -0.2) is 4.98 Å². The van der Waals surface area contributed by atoms with Gasteiger partial charge in [-0.15, -0.1) is 0 Å². The maximum Gasteiger partial charge on any atom is 0.288 e. The Balaban J connectivity index is 2.09. The number of carbonyl (C=O) groups is 1. The number of amides is 1. The predicted octanol–water partition coefficient (Wildman–Crippen LogP) is -0.544. The summed E-state index contributed by atoms with van der Waals surface area (Å²) in [6, 6.07) is 1.05. The molecule has 0 bridgehead atoms. The molecule has 0 saturated carbocycles. The maximum absolute atomic E-state index is 11.3. The SMILES string of the molecule is NC(=O)c1cc([N+](=O)[O-])cnc1OCC1CNCCO1. The lowest BCUT2D eigenvalue weighted by molar-refractivity contribution is -0.385. The first-order valence-electron chi connectivity index (χ1n) is 5.97. The second-order valence-electron chi connectivity index (χ2n) is 4.18. The van der Waals surface area contributed by atoms with Gasteiger partial charge in [-0.05, 0) is 0 Å². The number of pyridine rings is 1. The normalized spacial score (nSPS) is 18.5. The third-order valence-corrected chi connectivity index (χ3v) is 2.72. The Morgan fingerprint density at radius 3 is 3.10 bits per heavy atom. The van der Waals surface area contributed by atoms with Crippen LogP contribution in [-0.4, -0.2) is 48.2 Å². The zero-order valence-electron chi connectivity index (χ0n) is 10.6. The Labute approximate surface area is 114 Å². The second kappa shape index (κ2) is 6.26. The smallest absolute Gasteiger partial charge is 0.288 e. The molecule has 0 aliphatic carbocycles. The van der Waals surface area contributed by atoms with E-state index in [4.69, 9.17) is 15.2 Å². The van der Waals surface area contributed by atoms with Crippen LogP contribution in [-0.2, 0) is 4.74 Å². The van der Waals surface area contributed by atoms with E-state index in [9.17, 15) is 14.9 Å². The molecular formula is C11H14N4O5. The fraction of sp³-hybridized carbons (Fsp3) is 0.455. The molecule has 9 heteroatoms. The lowest BCUT2D eigenvalue weighted by Gasteiger charge is -2.23. The van der Waals surface area contributed by atoms with Crippen LogP contribution in [0, 0.1) is 10.1 Å². The summed E-state index contributed by atoms with van der Waals surface area (Å²) in [4.78, 5) is 25.0. The summed E-state index contributed by atoms with van der Waals surface area (Å²) in [5.41, 5.74) is 4.73. The van der Waals surface area contributed by atoms with Gasteiger partial charge in [0.25, 0.3) is 11.6 Å². The maximum atomic E-state index is 11.3. The van der Waals surface area contributed by atoms with Gasteiger partial charge < -0.3 is 20.5 Å². The van der Waals surface area contributed by atoms with Crippen molar-refractivity contribution in [3.8, 4) is 5.88 Å². The highest BCUT2D eigenvalue weighted by Crippen LogP contribution is 2.20. The van der Waals surface area contributed by atoms with Crippen LogP contribution in [0.4, 0.5) is 5.69 Å². The second-order valence-corrected chi connectivity index (χ2v) is 4.18. The standard InChI is InChI=1S/C11H14N4O5/c12-10(16)9-3-7(15(17)18)4-14-11(9)20-6-8-5-13-1-2-19-8/h3-4,8,13H,1-2,5-6H2,(H2,12,16). The van der Waals surface area contributed by atoms with Gasteiger partial charge in [0, 0.05) is 19.2 Å². The zero-order chi connectivity index (χ0) is 14.5. The predicted molar refractivity (Wildman–Crippen MR) is 67.5 cm³/mol. The minimum atomic E-state index is -0.834. The number of hydrogen-bond donors (Lipinski definition) is 2. The van der Waals surface area contributed by atoms with Crippen LogP contribution in [0.1, 0.15) is 10.4 Å². The first-order chi connectivity index (χ1) is 9.58. The van der Waals surface area contributed by atoms with E-state index in [0.29, 0.717) is 13.2 Å². The molecule has 1 aromatic rings. The molecule has 0 aromatic carbocycles. The van der Waals surface area contributed by atoms with Crippen LogP contribution in [0.5, 0.6) is 5.88 Å². The molecule has 1 saturated heterocycles. The van der Waals surface area contributed by atoms with Gasteiger partial charge in [0.05, 0.1) is 11.5 Å². The van der Waals surface area contributed by atoms with E-state index in [0.717, 1.165) is 18.8 Å². The highest BCUT2D eigenvalue weighted by molar-refractivity contribution is 5.95. The van der Waals surface area contributed by atoms with Crippen LogP contribution in [0.25, 0.3) is 0 Å². The third kappa shape index (κ3) is 3.39. The molecule has 2 rings (SSSR count). The zero-order valence-corrected chi connectivity index (χ0v) is 10.6. The van der Waals surface area contributed by atoms with Crippen molar-refractivity contribution in [2.75, 3.05) is 26.3 Å². The summed E-state index contributed by atoms with van der Waals surface area (Å²) in [6.07, 6.45) is 0.850. The number of nitro groups is 1. The number of aromatic nitrogens is 1. The number of nitrogens with one attached hydrogen (secondary N) is 1. The quantitative estimate of drug-likeness (QED) is 0.547. The van der Waals surface area contributed by atoms with E-state index >= 15 is 0 Å². The number of rotatable bonds is 5. The molecule has 1 amide bonds. The fourth-order valence-electron chi connectivity index (χ4n) is 1.73. The highest BCUT2D eigenvalue weighted by Gasteiger charge is 2.20. The average molecular weight is 282 g/mol. The molecule has 0 spiro atoms. The average Bonchev–Trinajstić information content (AvgIpc) is 2.45. The van der Waals surface area contributed by atoms with Gasteiger partial charge in [-0.3, -0.25) is 14.9 Å². The van der Waals surface area contributed by atoms with Crippen molar-refractivity contribution >= 4 is 11.6 Å². The van der Waals surface area contributed by atoms with E-state index in [2.05, 4.69) is 10.3 Å². The van der Waals surface area contributed by atoms with Crippen molar-refractivity contribution in [3.05, 3.63) is 27.9 Å². The van der Waals surface area contributed by atoms with Crippen molar-refractivity contribution in [1.29, 1.82) is 0 Å². The molecule has 108 valence electrons. The molecule has 1 aliphatic rings. The molecule has 1 atom stereocenters. The molecule has 1 fully saturated rings. The molecule has 2 heterocycles. The van der Waals surface area contributed by atoms with Crippen LogP contribution >= 0.6 is 0 Å². The summed E-state index contributed by atoms with van der Waals surface area (Å²) in [6.45, 7) is 2.15. The monoisotopic (exact) mass is 282 g/mol. The van der Waals surface area contributed by atoms with E-state index < -0.39 is 10.8 Å². The van der Waals surface area contributed by atoms with Crippen molar-refractivity contribution < 1.29 is 19.2 Å². The molecule has 20 heavy (non-hydrogen) atoms. The molecular weight excluding hydrogens is 268 g/mol. The van der Waals surface area contributed by atoms with Crippen molar-refractivity contribution in [2.45, 2.75) is 6.10 Å². The molecule has 1 aromatic heterocycles. The molecule has 1 unspecified atom stereocenters. The third-order valence-electron chi connectivity index (χ3n) is 2.72. The lowest BCUT2D eigenvalue weighted by Crippen LogP contribution is -2.41. The van der Waals surface area contributed by atoms with Crippen LogP contribution < -0.4 is 15.8 Å².